The Hall–Kier alpha value is -1.91. The topological polar surface area (TPSA) is 68.0 Å². The lowest BCUT2D eigenvalue weighted by molar-refractivity contribution is -0.137. The van der Waals surface area contributed by atoms with Gasteiger partial charge in [-0.1, -0.05) is 20.8 Å². The fraction of sp³-hybridized carbons (Fsp3) is 0.562. The van der Waals surface area contributed by atoms with Crippen molar-refractivity contribution in [2.45, 2.75) is 58.9 Å². The molecule has 0 spiro atoms. The molecule has 0 unspecified atom stereocenters. The lowest BCUT2D eigenvalue weighted by Crippen LogP contribution is -2.19. The molecule has 2 aromatic heterocycles. The number of hydrogen-bond donors (Lipinski definition) is 1. The first kappa shape index (κ1) is 15.5. The predicted molar refractivity (Wildman–Crippen MR) is 82.5 cm³/mol. The van der Waals surface area contributed by atoms with Gasteiger partial charge in [0.05, 0.1) is 0 Å². The van der Waals surface area contributed by atoms with Gasteiger partial charge in [-0.05, 0) is 31.4 Å². The van der Waals surface area contributed by atoms with Gasteiger partial charge in [0.25, 0.3) is 0 Å². The Morgan fingerprint density at radius 1 is 1.33 bits per heavy atom. The van der Waals surface area contributed by atoms with E-state index in [0.717, 1.165) is 35.5 Å². The molecule has 0 saturated heterocycles. The summed E-state index contributed by atoms with van der Waals surface area (Å²) in [5.41, 5.74) is 2.83. The van der Waals surface area contributed by atoms with E-state index in [-0.39, 0.29) is 11.8 Å². The first-order valence-electron chi connectivity index (χ1n) is 7.34. The van der Waals surface area contributed by atoms with Crippen LogP contribution in [0.1, 0.15) is 51.4 Å². The summed E-state index contributed by atoms with van der Waals surface area (Å²) in [5, 5.41) is 8.73. The standard InChI is InChI=1S/C16H23N3O2/c1-11-9-12-14(17-10-11)19(8-6-5-7-13(20)21)15(18-12)16(2,3)4/h9-10H,5-8H2,1-4H3,(H,20,21). The fourth-order valence-electron chi connectivity index (χ4n) is 2.44. The largest absolute Gasteiger partial charge is 0.481 e. The minimum Gasteiger partial charge on any atom is -0.481 e. The average molecular weight is 289 g/mol. The number of hydrogen-bond acceptors (Lipinski definition) is 3. The van der Waals surface area contributed by atoms with Crippen molar-refractivity contribution in [3.8, 4) is 0 Å². The molecule has 0 atom stereocenters. The lowest BCUT2D eigenvalue weighted by atomic mass is 9.95. The Morgan fingerprint density at radius 3 is 2.67 bits per heavy atom. The van der Waals surface area contributed by atoms with Crippen LogP contribution in [-0.4, -0.2) is 25.6 Å². The third-order valence-electron chi connectivity index (χ3n) is 3.41. The summed E-state index contributed by atoms with van der Waals surface area (Å²) < 4.78 is 2.14. The van der Waals surface area contributed by atoms with Crippen LogP contribution >= 0.6 is 0 Å². The van der Waals surface area contributed by atoms with E-state index < -0.39 is 5.97 Å². The summed E-state index contributed by atoms with van der Waals surface area (Å²) in [7, 11) is 0. The smallest absolute Gasteiger partial charge is 0.303 e. The van der Waals surface area contributed by atoms with Gasteiger partial charge in [-0.3, -0.25) is 4.79 Å². The van der Waals surface area contributed by atoms with E-state index in [2.05, 4.69) is 30.3 Å². The Morgan fingerprint density at radius 2 is 2.05 bits per heavy atom. The molecule has 2 heterocycles. The van der Waals surface area contributed by atoms with Crippen molar-refractivity contribution in [3.05, 3.63) is 23.7 Å². The van der Waals surface area contributed by atoms with Gasteiger partial charge in [0.15, 0.2) is 5.65 Å². The van der Waals surface area contributed by atoms with Gasteiger partial charge in [0.2, 0.25) is 0 Å². The molecular formula is C16H23N3O2. The molecule has 0 radical (unpaired) electrons. The highest BCUT2D eigenvalue weighted by molar-refractivity contribution is 5.72. The molecule has 0 amide bonds. The average Bonchev–Trinajstić information content (AvgIpc) is 2.72. The summed E-state index contributed by atoms with van der Waals surface area (Å²) in [6, 6.07) is 2.05. The minimum atomic E-state index is -0.740. The number of carboxylic acid groups (broad SMARTS) is 1. The maximum atomic E-state index is 10.6. The van der Waals surface area contributed by atoms with Crippen LogP contribution in [0.25, 0.3) is 11.2 Å². The van der Waals surface area contributed by atoms with Crippen LogP contribution in [0.5, 0.6) is 0 Å². The number of nitrogens with zero attached hydrogens (tertiary/aromatic N) is 3. The van der Waals surface area contributed by atoms with E-state index in [1.807, 2.05) is 19.2 Å². The van der Waals surface area contributed by atoms with Crippen molar-refractivity contribution in [3.63, 3.8) is 0 Å². The van der Waals surface area contributed by atoms with Crippen molar-refractivity contribution in [2.24, 2.45) is 0 Å². The van der Waals surface area contributed by atoms with Crippen molar-refractivity contribution < 1.29 is 9.90 Å². The number of carboxylic acids is 1. The van der Waals surface area contributed by atoms with Gasteiger partial charge >= 0.3 is 5.97 Å². The number of aryl methyl sites for hydroxylation is 2. The van der Waals surface area contributed by atoms with Crippen molar-refractivity contribution >= 4 is 17.1 Å². The summed E-state index contributed by atoms with van der Waals surface area (Å²) in [5.74, 6) is 0.265. The van der Waals surface area contributed by atoms with Crippen LogP contribution in [0, 0.1) is 6.92 Å². The molecule has 1 N–H and O–H groups in total. The zero-order chi connectivity index (χ0) is 15.6. The third-order valence-corrected chi connectivity index (χ3v) is 3.41. The normalized spacial score (nSPS) is 12.0. The molecule has 0 aliphatic rings. The molecule has 2 rings (SSSR count). The van der Waals surface area contributed by atoms with Gasteiger partial charge in [0.1, 0.15) is 11.3 Å². The number of fused-ring (bicyclic) bond motifs is 1. The Kier molecular flexibility index (Phi) is 4.30. The molecule has 0 aliphatic heterocycles. The predicted octanol–water partition coefficient (Wildman–Crippen LogP) is 3.29. The first-order valence-corrected chi connectivity index (χ1v) is 7.34. The molecular weight excluding hydrogens is 266 g/mol. The van der Waals surface area contributed by atoms with Crippen LogP contribution in [0.15, 0.2) is 12.3 Å². The van der Waals surface area contributed by atoms with Crippen LogP contribution in [-0.2, 0) is 16.8 Å². The molecule has 114 valence electrons. The zero-order valence-corrected chi connectivity index (χ0v) is 13.2. The minimum absolute atomic E-state index is 0.0681. The van der Waals surface area contributed by atoms with Gasteiger partial charge in [0, 0.05) is 24.6 Å². The lowest BCUT2D eigenvalue weighted by Gasteiger charge is -2.19. The highest BCUT2D eigenvalue weighted by atomic mass is 16.4. The summed E-state index contributed by atoms with van der Waals surface area (Å²) in [6.07, 6.45) is 3.55. The first-order chi connectivity index (χ1) is 9.79. The molecule has 0 aromatic carbocycles. The van der Waals surface area contributed by atoms with Crippen molar-refractivity contribution in [1.29, 1.82) is 0 Å². The Labute approximate surface area is 125 Å². The van der Waals surface area contributed by atoms with E-state index in [1.54, 1.807) is 0 Å². The SMILES string of the molecule is Cc1cnc2c(c1)nc(C(C)(C)C)n2CCCCC(=O)O. The van der Waals surface area contributed by atoms with Crippen molar-refractivity contribution in [2.75, 3.05) is 0 Å². The van der Waals surface area contributed by atoms with Gasteiger partial charge in [-0.2, -0.15) is 0 Å². The quantitative estimate of drug-likeness (QED) is 0.858. The van der Waals surface area contributed by atoms with Gasteiger partial charge < -0.3 is 9.67 Å². The second-order valence-corrected chi connectivity index (χ2v) is 6.54. The molecule has 0 fully saturated rings. The highest BCUT2D eigenvalue weighted by Crippen LogP contribution is 2.26. The number of aromatic nitrogens is 3. The van der Waals surface area contributed by atoms with E-state index in [4.69, 9.17) is 10.1 Å². The summed E-state index contributed by atoms with van der Waals surface area (Å²) in [4.78, 5) is 19.9. The van der Waals surface area contributed by atoms with Gasteiger partial charge in [-0.15, -0.1) is 0 Å². The molecule has 0 saturated carbocycles. The zero-order valence-electron chi connectivity index (χ0n) is 13.2. The summed E-state index contributed by atoms with van der Waals surface area (Å²) in [6.45, 7) is 9.17. The second-order valence-electron chi connectivity index (χ2n) is 6.54. The molecule has 21 heavy (non-hydrogen) atoms. The second kappa shape index (κ2) is 5.84. The molecule has 0 bridgehead atoms. The fourth-order valence-corrected chi connectivity index (χ4v) is 2.44. The number of pyridine rings is 1. The van der Waals surface area contributed by atoms with Crippen LogP contribution in [0.4, 0.5) is 0 Å². The number of imidazole rings is 1. The number of rotatable bonds is 5. The molecule has 5 heteroatoms. The highest BCUT2D eigenvalue weighted by Gasteiger charge is 2.23. The maximum absolute atomic E-state index is 10.6. The monoisotopic (exact) mass is 289 g/mol. The van der Waals surface area contributed by atoms with Crippen LogP contribution in [0.3, 0.4) is 0 Å². The third kappa shape index (κ3) is 3.60. The maximum Gasteiger partial charge on any atom is 0.303 e. The van der Waals surface area contributed by atoms with E-state index in [9.17, 15) is 4.79 Å². The molecule has 5 nitrogen and oxygen atoms in total. The van der Waals surface area contributed by atoms with E-state index in [1.165, 1.54) is 0 Å². The van der Waals surface area contributed by atoms with Crippen LogP contribution < -0.4 is 0 Å². The van der Waals surface area contributed by atoms with Crippen LogP contribution in [0.2, 0.25) is 0 Å². The number of unbranched alkanes of at least 4 members (excludes halogenated alkanes) is 1. The molecule has 0 aliphatic carbocycles. The Bertz CT molecular complexity index is 653. The number of aliphatic carboxylic acids is 1. The summed E-state index contributed by atoms with van der Waals surface area (Å²) >= 11 is 0. The molecule has 2 aromatic rings. The van der Waals surface area contributed by atoms with Gasteiger partial charge in [-0.25, -0.2) is 9.97 Å². The Balaban J connectivity index is 2.32. The van der Waals surface area contributed by atoms with E-state index >= 15 is 0 Å². The van der Waals surface area contributed by atoms with Crippen molar-refractivity contribution in [1.82, 2.24) is 14.5 Å². The number of carbonyl (C=O) groups is 1. The van der Waals surface area contributed by atoms with E-state index in [0.29, 0.717) is 6.42 Å².